The van der Waals surface area contributed by atoms with E-state index in [4.69, 9.17) is 5.73 Å². The van der Waals surface area contributed by atoms with Crippen molar-refractivity contribution < 1.29 is 0 Å². The maximum Gasteiger partial charge on any atom is 0.187 e. The largest absolute Gasteiger partial charge is 0.398 e. The summed E-state index contributed by atoms with van der Waals surface area (Å²) in [5.74, 6) is 0.651. The van der Waals surface area contributed by atoms with Gasteiger partial charge in [0, 0.05) is 18.3 Å². The number of tetrazole rings is 1. The lowest BCUT2D eigenvalue weighted by Crippen LogP contribution is -2.01. The number of nitrogen functional groups attached to an aromatic ring is 1. The van der Waals surface area contributed by atoms with Crippen molar-refractivity contribution in [2.24, 2.45) is 7.05 Å². The van der Waals surface area contributed by atoms with Gasteiger partial charge in [0.2, 0.25) is 0 Å². The minimum Gasteiger partial charge on any atom is -0.398 e. The molecule has 96 valence electrons. The molecule has 7 nitrogen and oxygen atoms in total. The third kappa shape index (κ3) is 1.85. The number of nitrogens with two attached hydrogens (primary N) is 1. The number of hydrogen-bond acceptors (Lipinski definition) is 5. The van der Waals surface area contributed by atoms with Gasteiger partial charge < -0.3 is 5.73 Å². The van der Waals surface area contributed by atoms with Crippen molar-refractivity contribution in [3.63, 3.8) is 0 Å². The lowest BCUT2D eigenvalue weighted by atomic mass is 10.1. The Hall–Kier alpha value is -2.70. The number of aryl methyl sites for hydroxylation is 1. The number of nitrogens with zero attached hydrogens (tertiary/aromatic N) is 6. The summed E-state index contributed by atoms with van der Waals surface area (Å²) in [6.45, 7) is 1.95. The number of benzene rings is 1. The fraction of sp³-hybridized carbons (Fsp3) is 0.167. The van der Waals surface area contributed by atoms with Crippen LogP contribution in [0.5, 0.6) is 0 Å². The van der Waals surface area contributed by atoms with Gasteiger partial charge in [0.1, 0.15) is 5.69 Å². The first-order valence-corrected chi connectivity index (χ1v) is 5.79. The van der Waals surface area contributed by atoms with Crippen molar-refractivity contribution in [2.75, 3.05) is 5.73 Å². The summed E-state index contributed by atoms with van der Waals surface area (Å²) in [5.41, 5.74) is 9.33. The van der Waals surface area contributed by atoms with Crippen LogP contribution in [0.25, 0.3) is 17.1 Å². The Kier molecular flexibility index (Phi) is 2.52. The standard InChI is InChI=1S/C12H13N7/c1-8-10(4-3-5-11(8)13)12-15-16-17-19(12)9-6-14-18(2)7-9/h3-7H,13H2,1-2H3. The van der Waals surface area contributed by atoms with E-state index in [1.165, 1.54) is 0 Å². The quantitative estimate of drug-likeness (QED) is 0.689. The van der Waals surface area contributed by atoms with Crippen LogP contribution in [-0.2, 0) is 7.05 Å². The molecule has 0 aliphatic rings. The molecule has 0 aliphatic carbocycles. The highest BCUT2D eigenvalue weighted by molar-refractivity contribution is 5.68. The first-order chi connectivity index (χ1) is 9.16. The monoisotopic (exact) mass is 255 g/mol. The van der Waals surface area contributed by atoms with Crippen LogP contribution in [0.2, 0.25) is 0 Å². The van der Waals surface area contributed by atoms with Crippen LogP contribution in [0.3, 0.4) is 0 Å². The summed E-state index contributed by atoms with van der Waals surface area (Å²) in [4.78, 5) is 0. The lowest BCUT2D eigenvalue weighted by molar-refractivity contribution is 0.762. The molecule has 0 atom stereocenters. The Bertz CT molecular complexity index is 725. The zero-order chi connectivity index (χ0) is 13.4. The summed E-state index contributed by atoms with van der Waals surface area (Å²) in [6, 6.07) is 5.70. The highest BCUT2D eigenvalue weighted by atomic mass is 15.5. The number of hydrogen-bond donors (Lipinski definition) is 1. The van der Waals surface area contributed by atoms with Gasteiger partial charge in [-0.1, -0.05) is 12.1 Å². The molecule has 3 aromatic rings. The van der Waals surface area contributed by atoms with Crippen LogP contribution in [0, 0.1) is 6.92 Å². The molecule has 1 aromatic carbocycles. The van der Waals surface area contributed by atoms with Crippen molar-refractivity contribution in [3.8, 4) is 17.1 Å². The summed E-state index contributed by atoms with van der Waals surface area (Å²) in [7, 11) is 1.85. The lowest BCUT2D eigenvalue weighted by Gasteiger charge is -2.07. The van der Waals surface area contributed by atoms with Gasteiger partial charge in [0.15, 0.2) is 5.82 Å². The number of aromatic nitrogens is 6. The molecular formula is C12H13N7. The molecule has 0 bridgehead atoms. The van der Waals surface area contributed by atoms with Crippen molar-refractivity contribution in [1.82, 2.24) is 30.0 Å². The SMILES string of the molecule is Cc1c(N)cccc1-c1nnnn1-c1cnn(C)c1. The van der Waals surface area contributed by atoms with Crippen molar-refractivity contribution >= 4 is 5.69 Å². The molecule has 19 heavy (non-hydrogen) atoms. The second-order valence-electron chi connectivity index (χ2n) is 4.31. The van der Waals surface area contributed by atoms with E-state index in [0.717, 1.165) is 22.5 Å². The third-order valence-corrected chi connectivity index (χ3v) is 3.02. The Morgan fingerprint density at radius 2 is 2.11 bits per heavy atom. The fourth-order valence-electron chi connectivity index (χ4n) is 1.94. The smallest absolute Gasteiger partial charge is 0.187 e. The molecule has 0 spiro atoms. The summed E-state index contributed by atoms with van der Waals surface area (Å²) in [6.07, 6.45) is 3.56. The first kappa shape index (κ1) is 11.4. The van der Waals surface area contributed by atoms with E-state index in [1.807, 2.05) is 38.4 Å². The van der Waals surface area contributed by atoms with Crippen LogP contribution in [0.15, 0.2) is 30.6 Å². The maximum absolute atomic E-state index is 5.93. The van der Waals surface area contributed by atoms with E-state index in [-0.39, 0.29) is 0 Å². The fourth-order valence-corrected chi connectivity index (χ4v) is 1.94. The molecular weight excluding hydrogens is 242 g/mol. The number of anilines is 1. The van der Waals surface area contributed by atoms with E-state index in [1.54, 1.807) is 15.6 Å². The van der Waals surface area contributed by atoms with Gasteiger partial charge in [-0.2, -0.15) is 9.78 Å². The second kappa shape index (κ2) is 4.20. The average Bonchev–Trinajstić information content (AvgIpc) is 3.01. The molecule has 0 aliphatic heterocycles. The minimum absolute atomic E-state index is 0.651. The normalized spacial score (nSPS) is 10.8. The molecule has 7 heteroatoms. The van der Waals surface area contributed by atoms with Gasteiger partial charge in [0.25, 0.3) is 0 Å². The maximum atomic E-state index is 5.93. The summed E-state index contributed by atoms with van der Waals surface area (Å²) in [5, 5.41) is 16.0. The first-order valence-electron chi connectivity index (χ1n) is 5.79. The van der Waals surface area contributed by atoms with Crippen LogP contribution >= 0.6 is 0 Å². The van der Waals surface area contributed by atoms with Crippen molar-refractivity contribution in [2.45, 2.75) is 6.92 Å². The van der Waals surface area contributed by atoms with Gasteiger partial charge in [-0.3, -0.25) is 4.68 Å². The zero-order valence-electron chi connectivity index (χ0n) is 10.6. The average molecular weight is 255 g/mol. The molecule has 2 aromatic heterocycles. The van der Waals surface area contributed by atoms with Crippen LogP contribution in [-0.4, -0.2) is 30.0 Å². The van der Waals surface area contributed by atoms with E-state index < -0.39 is 0 Å². The Labute approximate surface area is 109 Å². The highest BCUT2D eigenvalue weighted by Gasteiger charge is 2.14. The van der Waals surface area contributed by atoms with Crippen LogP contribution in [0.1, 0.15) is 5.56 Å². The third-order valence-electron chi connectivity index (χ3n) is 3.02. The van der Waals surface area contributed by atoms with E-state index >= 15 is 0 Å². The topological polar surface area (TPSA) is 87.4 Å². The van der Waals surface area contributed by atoms with Gasteiger partial charge in [-0.25, -0.2) is 0 Å². The minimum atomic E-state index is 0.651. The van der Waals surface area contributed by atoms with Gasteiger partial charge in [0.05, 0.1) is 12.4 Å². The molecule has 0 radical (unpaired) electrons. The predicted octanol–water partition coefficient (Wildman–Crippen LogP) is 0.953. The molecule has 3 rings (SSSR count). The molecule has 0 saturated heterocycles. The summed E-state index contributed by atoms with van der Waals surface area (Å²) >= 11 is 0. The van der Waals surface area contributed by atoms with Crippen LogP contribution in [0.4, 0.5) is 5.69 Å². The van der Waals surface area contributed by atoms with Gasteiger partial charge in [-0.05, 0) is 29.0 Å². The van der Waals surface area contributed by atoms with Crippen molar-refractivity contribution in [1.29, 1.82) is 0 Å². The predicted molar refractivity (Wildman–Crippen MR) is 70.5 cm³/mol. The van der Waals surface area contributed by atoms with E-state index in [2.05, 4.69) is 20.6 Å². The van der Waals surface area contributed by atoms with Crippen LogP contribution < -0.4 is 5.73 Å². The summed E-state index contributed by atoms with van der Waals surface area (Å²) < 4.78 is 3.35. The Morgan fingerprint density at radius 3 is 2.84 bits per heavy atom. The molecule has 0 unspecified atom stereocenters. The van der Waals surface area contributed by atoms with E-state index in [0.29, 0.717) is 5.82 Å². The molecule has 0 saturated carbocycles. The Morgan fingerprint density at radius 1 is 1.26 bits per heavy atom. The van der Waals surface area contributed by atoms with Gasteiger partial charge >= 0.3 is 0 Å². The molecule has 0 fully saturated rings. The second-order valence-corrected chi connectivity index (χ2v) is 4.31. The Balaban J connectivity index is 2.17. The van der Waals surface area contributed by atoms with E-state index in [9.17, 15) is 0 Å². The van der Waals surface area contributed by atoms with Gasteiger partial charge in [-0.15, -0.1) is 5.10 Å². The molecule has 2 heterocycles. The van der Waals surface area contributed by atoms with Crippen molar-refractivity contribution in [3.05, 3.63) is 36.2 Å². The molecule has 0 amide bonds. The zero-order valence-corrected chi connectivity index (χ0v) is 10.6. The molecule has 2 N–H and O–H groups in total. The number of rotatable bonds is 2. The highest BCUT2D eigenvalue weighted by Crippen LogP contribution is 2.26.